The lowest BCUT2D eigenvalue weighted by Gasteiger charge is -2.43. The number of urea groups is 1. The van der Waals surface area contributed by atoms with Crippen molar-refractivity contribution in [1.82, 2.24) is 15.1 Å². The van der Waals surface area contributed by atoms with Crippen LogP contribution in [0.4, 0.5) is 4.79 Å². The molecule has 3 aliphatic rings. The zero-order chi connectivity index (χ0) is 24.9. The molecule has 3 fully saturated rings. The Morgan fingerprint density at radius 1 is 1.08 bits per heavy atom. The smallest absolute Gasteiger partial charge is 0.324 e. The van der Waals surface area contributed by atoms with Crippen LogP contribution in [0.5, 0.6) is 5.75 Å². The lowest BCUT2D eigenvalue weighted by Crippen LogP contribution is -2.62. The van der Waals surface area contributed by atoms with Gasteiger partial charge in [0.05, 0.1) is 12.1 Å². The number of hydrogen-bond donors (Lipinski definition) is 2. The Bertz CT molecular complexity index is 1100. The topological polar surface area (TPSA) is 97.1 Å². The summed E-state index contributed by atoms with van der Waals surface area (Å²) in [5.74, 6) is 0.707. The van der Waals surface area contributed by atoms with E-state index in [1.807, 2.05) is 34.1 Å². The number of nitrogens with zero attached hydrogens (tertiary/aromatic N) is 2. The minimum atomic E-state index is -0.130. The van der Waals surface area contributed by atoms with Crippen LogP contribution in [0.25, 0.3) is 17.2 Å². The predicted molar refractivity (Wildman–Crippen MR) is 138 cm³/mol. The number of carbonyl (C=O) groups is 2. The Labute approximate surface area is 212 Å². The Kier molecular flexibility index (Phi) is 7.53. The lowest BCUT2D eigenvalue weighted by molar-refractivity contribution is -0.139. The summed E-state index contributed by atoms with van der Waals surface area (Å²) >= 11 is 0. The first-order valence-corrected chi connectivity index (χ1v) is 12.8. The van der Waals surface area contributed by atoms with Crippen LogP contribution >= 0.6 is 0 Å². The number of morpholine rings is 1. The van der Waals surface area contributed by atoms with E-state index >= 15 is 0 Å². The molecular weight excluding hydrogens is 456 g/mol. The summed E-state index contributed by atoms with van der Waals surface area (Å²) in [5, 5.41) is 2.98. The number of rotatable bonds is 5. The van der Waals surface area contributed by atoms with E-state index in [2.05, 4.69) is 35.7 Å². The van der Waals surface area contributed by atoms with Gasteiger partial charge in [-0.1, -0.05) is 36.4 Å². The van der Waals surface area contributed by atoms with Gasteiger partial charge < -0.3 is 25.4 Å². The summed E-state index contributed by atoms with van der Waals surface area (Å²) in [4.78, 5) is 29.0. The van der Waals surface area contributed by atoms with Crippen molar-refractivity contribution < 1.29 is 19.1 Å². The van der Waals surface area contributed by atoms with Crippen molar-refractivity contribution in [3.63, 3.8) is 0 Å². The third-order valence-electron chi connectivity index (χ3n) is 7.06. The lowest BCUT2D eigenvalue weighted by atomic mass is 10.00. The first-order chi connectivity index (χ1) is 17.6. The number of ether oxygens (including phenoxy) is 2. The van der Waals surface area contributed by atoms with Crippen molar-refractivity contribution in [1.29, 1.82) is 0 Å². The average Bonchev–Trinajstić information content (AvgIpc) is 2.92. The van der Waals surface area contributed by atoms with Gasteiger partial charge in [0, 0.05) is 31.9 Å². The molecule has 0 spiro atoms. The van der Waals surface area contributed by atoms with Crippen LogP contribution in [0.15, 0.2) is 54.2 Å². The van der Waals surface area contributed by atoms with Crippen LogP contribution in [0, 0.1) is 0 Å². The number of amides is 3. The molecule has 0 saturated carbocycles. The van der Waals surface area contributed by atoms with Gasteiger partial charge in [0.25, 0.3) is 0 Å². The van der Waals surface area contributed by atoms with Crippen LogP contribution in [-0.2, 0) is 9.53 Å². The molecule has 0 unspecified atom stereocenters. The number of likely N-dealkylation sites (tertiary alicyclic amines) is 2. The molecule has 36 heavy (non-hydrogen) atoms. The van der Waals surface area contributed by atoms with Crippen molar-refractivity contribution in [2.45, 2.75) is 37.8 Å². The predicted octanol–water partition coefficient (Wildman–Crippen LogP) is 3.23. The van der Waals surface area contributed by atoms with E-state index in [1.165, 1.54) is 0 Å². The molecule has 2 aromatic carbocycles. The first-order valence-electron chi connectivity index (χ1n) is 12.8. The summed E-state index contributed by atoms with van der Waals surface area (Å²) in [5.41, 5.74) is 9.86. The molecule has 0 bridgehead atoms. The fourth-order valence-corrected chi connectivity index (χ4v) is 5.15. The second-order valence-electron chi connectivity index (χ2n) is 9.57. The van der Waals surface area contributed by atoms with Gasteiger partial charge >= 0.3 is 6.03 Å². The molecule has 8 heteroatoms. The van der Waals surface area contributed by atoms with Crippen LogP contribution in [0.2, 0.25) is 0 Å². The quantitative estimate of drug-likeness (QED) is 0.671. The van der Waals surface area contributed by atoms with Crippen molar-refractivity contribution in [3.05, 3.63) is 59.8 Å². The monoisotopic (exact) mass is 490 g/mol. The fourth-order valence-electron chi connectivity index (χ4n) is 5.15. The number of nitrogens with two attached hydrogens (primary N) is 1. The van der Waals surface area contributed by atoms with Crippen LogP contribution in [0.3, 0.4) is 0 Å². The molecule has 3 amide bonds. The highest BCUT2D eigenvalue weighted by molar-refractivity contribution is 5.80. The van der Waals surface area contributed by atoms with E-state index in [1.54, 1.807) is 0 Å². The molecule has 3 N–H and O–H groups in total. The van der Waals surface area contributed by atoms with Crippen molar-refractivity contribution in [3.8, 4) is 16.9 Å². The molecule has 3 saturated heterocycles. The Morgan fingerprint density at radius 3 is 2.58 bits per heavy atom. The number of allylic oxidation sites excluding steroid dienone is 1. The first kappa shape index (κ1) is 24.3. The maximum atomic E-state index is 13.5. The van der Waals surface area contributed by atoms with Crippen LogP contribution in [-0.4, -0.2) is 73.3 Å². The van der Waals surface area contributed by atoms with Gasteiger partial charge in [-0.3, -0.25) is 9.69 Å². The second kappa shape index (κ2) is 11.1. The van der Waals surface area contributed by atoms with E-state index in [4.69, 9.17) is 15.2 Å². The largest absolute Gasteiger partial charge is 0.492 e. The third kappa shape index (κ3) is 5.55. The number of benzene rings is 2. The van der Waals surface area contributed by atoms with Crippen LogP contribution < -0.4 is 15.8 Å². The van der Waals surface area contributed by atoms with Crippen LogP contribution in [0.1, 0.15) is 31.2 Å². The SMILES string of the molecule is NCCOc1ccc(-c2ccc(C=C3CCCCN3C(=O)N3CC[C@@H]4OCC(=O)N[C@@H]4C3)cc2)cc1. The van der Waals surface area contributed by atoms with Crippen molar-refractivity contribution >= 4 is 18.0 Å². The van der Waals surface area contributed by atoms with Crippen molar-refractivity contribution in [2.75, 3.05) is 39.4 Å². The summed E-state index contributed by atoms with van der Waals surface area (Å²) in [6.45, 7) is 2.96. The Morgan fingerprint density at radius 2 is 1.83 bits per heavy atom. The van der Waals surface area contributed by atoms with Gasteiger partial charge in [-0.2, -0.15) is 0 Å². The number of fused-ring (bicyclic) bond motifs is 1. The van der Waals surface area contributed by atoms with Gasteiger partial charge in [0.2, 0.25) is 5.91 Å². The minimum Gasteiger partial charge on any atom is -0.492 e. The zero-order valence-corrected chi connectivity index (χ0v) is 20.5. The fraction of sp³-hybridized carbons (Fsp3) is 0.429. The van der Waals surface area contributed by atoms with E-state index in [9.17, 15) is 9.59 Å². The average molecular weight is 491 g/mol. The molecule has 3 heterocycles. The normalized spacial score (nSPS) is 23.2. The number of piperidine rings is 2. The molecule has 3 aliphatic heterocycles. The highest BCUT2D eigenvalue weighted by Gasteiger charge is 2.38. The highest BCUT2D eigenvalue weighted by Crippen LogP contribution is 2.28. The molecule has 0 aromatic heterocycles. The third-order valence-corrected chi connectivity index (χ3v) is 7.06. The maximum Gasteiger partial charge on any atom is 0.324 e. The summed E-state index contributed by atoms with van der Waals surface area (Å²) in [6.07, 6.45) is 5.80. The molecule has 190 valence electrons. The van der Waals surface area contributed by atoms with Gasteiger partial charge in [-0.05, 0) is 60.6 Å². The molecule has 8 nitrogen and oxygen atoms in total. The van der Waals surface area contributed by atoms with E-state index in [0.717, 1.165) is 60.4 Å². The summed E-state index contributed by atoms with van der Waals surface area (Å²) in [7, 11) is 0. The van der Waals surface area contributed by atoms with Crippen molar-refractivity contribution in [2.24, 2.45) is 5.73 Å². The van der Waals surface area contributed by atoms with E-state index < -0.39 is 0 Å². The molecule has 2 atom stereocenters. The maximum absolute atomic E-state index is 13.5. The summed E-state index contributed by atoms with van der Waals surface area (Å²) in [6, 6.07) is 16.3. The standard InChI is InChI=1S/C28H34N4O4/c29-13-16-35-24-10-8-22(9-11-24)21-6-4-20(5-7-21)17-23-3-1-2-14-32(23)28(34)31-15-12-26-25(18-31)30-27(33)19-36-26/h4-11,17,25-26H,1-3,12-16,18-19,29H2,(H,30,33)/t25-,26+/m1/s1. The number of carbonyl (C=O) groups excluding carboxylic acids is 2. The molecule has 0 aliphatic carbocycles. The Hall–Kier alpha value is -3.36. The second-order valence-corrected chi connectivity index (χ2v) is 9.57. The zero-order valence-electron chi connectivity index (χ0n) is 20.5. The van der Waals surface area contributed by atoms with E-state index in [0.29, 0.717) is 26.2 Å². The highest BCUT2D eigenvalue weighted by atomic mass is 16.5. The number of nitrogens with one attached hydrogen (secondary N) is 1. The minimum absolute atomic E-state index is 0.00342. The van der Waals surface area contributed by atoms with Gasteiger partial charge in [0.15, 0.2) is 0 Å². The molecule has 5 rings (SSSR count). The van der Waals surface area contributed by atoms with Gasteiger partial charge in [-0.25, -0.2) is 4.79 Å². The Balaban J connectivity index is 1.26. The molecule has 0 radical (unpaired) electrons. The van der Waals surface area contributed by atoms with Gasteiger partial charge in [0.1, 0.15) is 19.0 Å². The molecular formula is C28H34N4O4. The molecule has 2 aromatic rings. The van der Waals surface area contributed by atoms with E-state index in [-0.39, 0.29) is 30.7 Å². The van der Waals surface area contributed by atoms with Gasteiger partial charge in [-0.15, -0.1) is 0 Å². The number of hydrogen-bond acceptors (Lipinski definition) is 5. The summed E-state index contributed by atoms with van der Waals surface area (Å²) < 4.78 is 11.2.